The van der Waals surface area contributed by atoms with E-state index >= 15 is 0 Å². The van der Waals surface area contributed by atoms with Crippen molar-refractivity contribution in [3.05, 3.63) is 132 Å². The second-order valence-corrected chi connectivity index (χ2v) is 5.47. The predicted octanol–water partition coefficient (Wildman–Crippen LogP) is 6.40. The van der Waals surface area contributed by atoms with Crippen molar-refractivity contribution >= 4 is 11.6 Å². The minimum absolute atomic E-state index is 0. The minimum atomic E-state index is 0. The number of hydrogen-bond acceptors (Lipinski definition) is 0. The van der Waals surface area contributed by atoms with Crippen LogP contribution in [0.5, 0.6) is 0 Å². The Morgan fingerprint density at radius 3 is 1.64 bits per heavy atom. The van der Waals surface area contributed by atoms with Gasteiger partial charge in [0.05, 0.1) is 0 Å². The zero-order valence-corrected chi connectivity index (χ0v) is 15.0. The van der Waals surface area contributed by atoms with E-state index in [1.54, 1.807) is 0 Å². The normalized spacial score (nSPS) is 10.3. The van der Waals surface area contributed by atoms with Gasteiger partial charge in [-0.05, 0) is 0 Å². The second kappa shape index (κ2) is 10.3. The molecule has 0 saturated heterocycles. The molecular formula is C24H20Fe-6. The summed E-state index contributed by atoms with van der Waals surface area (Å²) >= 11 is 0. The summed E-state index contributed by atoms with van der Waals surface area (Å²) in [4.78, 5) is 0. The average molecular weight is 364 g/mol. The Hall–Kier alpha value is -2.60. The van der Waals surface area contributed by atoms with E-state index in [1.807, 2.05) is 36.4 Å². The molecule has 0 bridgehead atoms. The maximum absolute atomic E-state index is 2.24. The van der Waals surface area contributed by atoms with E-state index in [1.165, 1.54) is 22.3 Å². The fourth-order valence-electron chi connectivity index (χ4n) is 2.54. The molecule has 0 aliphatic carbocycles. The predicted molar refractivity (Wildman–Crippen MR) is 104 cm³/mol. The van der Waals surface area contributed by atoms with Gasteiger partial charge in [0.1, 0.15) is 0 Å². The Morgan fingerprint density at radius 2 is 1.12 bits per heavy atom. The Bertz CT molecular complexity index is 807. The van der Waals surface area contributed by atoms with Crippen LogP contribution >= 0.6 is 0 Å². The third-order valence-electron chi connectivity index (χ3n) is 3.72. The maximum atomic E-state index is 2.24. The van der Waals surface area contributed by atoms with Crippen LogP contribution in [0.3, 0.4) is 0 Å². The fourth-order valence-corrected chi connectivity index (χ4v) is 2.54. The SMILES string of the molecule is C(=C(c1ccccc1)[c-]1cccc1)c1ccccc1.[Fe].[cH-]1[cH-][cH-][cH-][cH-]1. The van der Waals surface area contributed by atoms with Crippen LogP contribution in [-0.4, -0.2) is 0 Å². The van der Waals surface area contributed by atoms with Gasteiger partial charge in [-0.25, -0.2) is 0 Å². The summed E-state index contributed by atoms with van der Waals surface area (Å²) in [6.45, 7) is 0. The molecule has 4 aromatic rings. The topological polar surface area (TPSA) is 0 Å². The van der Waals surface area contributed by atoms with Crippen LogP contribution in [-0.2, 0) is 17.1 Å². The van der Waals surface area contributed by atoms with Gasteiger partial charge < -0.3 is 30.3 Å². The molecule has 0 atom stereocenters. The van der Waals surface area contributed by atoms with E-state index in [-0.39, 0.29) is 17.1 Å². The van der Waals surface area contributed by atoms with Crippen LogP contribution in [0, 0.1) is 0 Å². The molecule has 0 spiro atoms. The monoisotopic (exact) mass is 364 g/mol. The Morgan fingerprint density at radius 1 is 0.640 bits per heavy atom. The number of rotatable bonds is 3. The van der Waals surface area contributed by atoms with E-state index in [0.29, 0.717) is 0 Å². The standard InChI is InChI=1S/C19H15.C5H5.Fe/c1-3-9-16(10-4-1)15-19(18-13-7-8-14-18)17-11-5-2-6-12-17;1-2-4-5-3-1;/h1-15H;1-5H;/q-1;-5;. The molecule has 25 heavy (non-hydrogen) atoms. The van der Waals surface area contributed by atoms with Crippen molar-refractivity contribution in [2.75, 3.05) is 0 Å². The van der Waals surface area contributed by atoms with Crippen molar-refractivity contribution in [1.82, 2.24) is 0 Å². The molecule has 1 heteroatoms. The van der Waals surface area contributed by atoms with Gasteiger partial charge in [-0.1, -0.05) is 77.4 Å². The zero-order valence-electron chi connectivity index (χ0n) is 13.9. The summed E-state index contributed by atoms with van der Waals surface area (Å²) in [6.07, 6.45) is 2.24. The molecule has 0 aliphatic rings. The van der Waals surface area contributed by atoms with Crippen molar-refractivity contribution in [3.63, 3.8) is 0 Å². The third kappa shape index (κ3) is 5.76. The van der Waals surface area contributed by atoms with Crippen LogP contribution in [0.25, 0.3) is 11.6 Å². The molecule has 4 rings (SSSR count). The molecule has 0 heterocycles. The summed E-state index contributed by atoms with van der Waals surface area (Å²) in [6, 6.07) is 39.4. The number of benzene rings is 2. The first-order chi connectivity index (χ1) is 11.9. The van der Waals surface area contributed by atoms with Crippen molar-refractivity contribution < 1.29 is 17.1 Å². The smallest absolute Gasteiger partial charge is 0 e. The Labute approximate surface area is 160 Å². The van der Waals surface area contributed by atoms with Gasteiger partial charge in [0.2, 0.25) is 0 Å². The second-order valence-electron chi connectivity index (χ2n) is 5.47. The molecule has 0 fully saturated rings. The Kier molecular flexibility index (Phi) is 7.72. The van der Waals surface area contributed by atoms with Gasteiger partial charge in [-0.3, -0.25) is 0 Å². The quantitative estimate of drug-likeness (QED) is 0.224. The fraction of sp³-hybridized carbons (Fsp3) is 0. The first-order valence-corrected chi connectivity index (χ1v) is 8.14. The van der Waals surface area contributed by atoms with E-state index in [4.69, 9.17) is 0 Å². The van der Waals surface area contributed by atoms with Gasteiger partial charge in [0, 0.05) is 17.1 Å². The summed E-state index contributed by atoms with van der Waals surface area (Å²) in [5.74, 6) is 0. The van der Waals surface area contributed by atoms with Crippen molar-refractivity contribution in [1.29, 1.82) is 0 Å². The van der Waals surface area contributed by atoms with Crippen molar-refractivity contribution in [3.8, 4) is 0 Å². The van der Waals surface area contributed by atoms with Crippen molar-refractivity contribution in [2.45, 2.75) is 0 Å². The van der Waals surface area contributed by atoms with Gasteiger partial charge >= 0.3 is 0 Å². The largest absolute Gasteiger partial charge is 0.748 e. The summed E-state index contributed by atoms with van der Waals surface area (Å²) in [5.41, 5.74) is 4.99. The molecule has 0 aliphatic heterocycles. The molecule has 0 unspecified atom stereocenters. The van der Waals surface area contributed by atoms with Crippen LogP contribution < -0.4 is 0 Å². The first kappa shape index (κ1) is 18.7. The molecular weight excluding hydrogens is 344 g/mol. The van der Waals surface area contributed by atoms with Crippen molar-refractivity contribution in [2.24, 2.45) is 0 Å². The molecule has 0 saturated carbocycles. The maximum Gasteiger partial charge on any atom is 0 e. The van der Waals surface area contributed by atoms with E-state index in [2.05, 4.69) is 84.9 Å². The molecule has 0 nitrogen and oxygen atoms in total. The van der Waals surface area contributed by atoms with Gasteiger partial charge in [-0.15, -0.1) is 23.8 Å². The van der Waals surface area contributed by atoms with Gasteiger partial charge in [-0.2, -0.15) is 12.1 Å². The summed E-state index contributed by atoms with van der Waals surface area (Å²) < 4.78 is 0. The number of hydrogen-bond donors (Lipinski definition) is 0. The molecule has 0 N–H and O–H groups in total. The van der Waals surface area contributed by atoms with Crippen LogP contribution in [0.1, 0.15) is 16.7 Å². The van der Waals surface area contributed by atoms with Gasteiger partial charge in [0.15, 0.2) is 0 Å². The minimum Gasteiger partial charge on any atom is -0.748 e. The summed E-state index contributed by atoms with van der Waals surface area (Å²) in [5, 5.41) is 0. The molecule has 0 aromatic heterocycles. The van der Waals surface area contributed by atoms with Crippen LogP contribution in [0.2, 0.25) is 0 Å². The average Bonchev–Trinajstić information content (AvgIpc) is 3.37. The summed E-state index contributed by atoms with van der Waals surface area (Å²) in [7, 11) is 0. The Balaban J connectivity index is 0.000000325. The van der Waals surface area contributed by atoms with Gasteiger partial charge in [0.25, 0.3) is 0 Å². The zero-order chi connectivity index (χ0) is 16.5. The molecule has 4 aromatic carbocycles. The molecule has 0 amide bonds. The van der Waals surface area contributed by atoms with E-state index in [9.17, 15) is 0 Å². The molecule has 130 valence electrons. The van der Waals surface area contributed by atoms with E-state index < -0.39 is 0 Å². The third-order valence-corrected chi connectivity index (χ3v) is 3.72. The van der Waals surface area contributed by atoms with E-state index in [0.717, 1.165) is 0 Å². The van der Waals surface area contributed by atoms with Crippen LogP contribution in [0.4, 0.5) is 0 Å². The molecule has 0 radical (unpaired) electrons. The van der Waals surface area contributed by atoms with Crippen LogP contribution in [0.15, 0.2) is 115 Å². The first-order valence-electron chi connectivity index (χ1n) is 8.14.